The number of hydrogen-bond donors (Lipinski definition) is 1. The first kappa shape index (κ1) is 15.2. The molecule has 0 aliphatic carbocycles. The largest absolute Gasteiger partial charge is 0.364 e. The molecule has 1 N–H and O–H groups in total. The zero-order valence-corrected chi connectivity index (χ0v) is 13.5. The Labute approximate surface area is 143 Å². The molecule has 0 unspecified atom stereocenters. The van der Waals surface area contributed by atoms with E-state index in [-0.39, 0.29) is 5.82 Å². The lowest BCUT2D eigenvalue weighted by molar-refractivity contribution is 0.626. The molecule has 0 amide bonds. The van der Waals surface area contributed by atoms with Gasteiger partial charge in [-0.05, 0) is 30.7 Å². The van der Waals surface area contributed by atoms with Crippen LogP contribution in [0.4, 0.5) is 10.2 Å². The van der Waals surface area contributed by atoms with Crippen molar-refractivity contribution in [1.82, 2.24) is 25.0 Å². The third kappa shape index (κ3) is 3.03. The molecule has 2 heterocycles. The summed E-state index contributed by atoms with van der Waals surface area (Å²) in [6.07, 6.45) is 1.76. The Morgan fingerprint density at radius 3 is 2.84 bits per heavy atom. The first-order valence-electron chi connectivity index (χ1n) is 7.83. The van der Waals surface area contributed by atoms with E-state index in [1.807, 2.05) is 37.3 Å². The third-order valence-corrected chi connectivity index (χ3v) is 3.86. The van der Waals surface area contributed by atoms with E-state index in [2.05, 4.69) is 25.6 Å². The molecular weight excluding hydrogens is 319 g/mol. The maximum Gasteiger partial charge on any atom is 0.272 e. The minimum absolute atomic E-state index is 0.263. The van der Waals surface area contributed by atoms with Gasteiger partial charge in [-0.25, -0.2) is 4.39 Å². The van der Waals surface area contributed by atoms with E-state index in [0.29, 0.717) is 24.0 Å². The molecule has 4 rings (SSSR count). The second-order valence-electron chi connectivity index (χ2n) is 5.64. The minimum Gasteiger partial charge on any atom is -0.364 e. The normalized spacial score (nSPS) is 11.0. The van der Waals surface area contributed by atoms with Gasteiger partial charge < -0.3 is 5.32 Å². The number of aromatic nitrogens is 5. The fraction of sp³-hybridized carbons (Fsp3) is 0.111. The molecule has 2 aromatic heterocycles. The Bertz CT molecular complexity index is 1040. The topological polar surface area (TPSA) is 68.5 Å². The maximum atomic E-state index is 13.3. The van der Waals surface area contributed by atoms with E-state index in [4.69, 9.17) is 0 Å². The van der Waals surface area contributed by atoms with Crippen LogP contribution in [0, 0.1) is 12.7 Å². The first-order valence-corrected chi connectivity index (χ1v) is 7.83. The quantitative estimate of drug-likeness (QED) is 0.620. The summed E-state index contributed by atoms with van der Waals surface area (Å²) in [5, 5.41) is 16.8. The van der Waals surface area contributed by atoms with E-state index in [1.165, 1.54) is 12.1 Å². The van der Waals surface area contributed by atoms with Crippen molar-refractivity contribution in [1.29, 1.82) is 0 Å². The molecule has 124 valence electrons. The number of nitrogens with one attached hydrogen (secondary N) is 1. The number of nitrogens with zero attached hydrogens (tertiary/aromatic N) is 5. The monoisotopic (exact) mass is 334 g/mol. The van der Waals surface area contributed by atoms with E-state index < -0.39 is 0 Å². The van der Waals surface area contributed by atoms with Crippen LogP contribution in [-0.4, -0.2) is 25.0 Å². The van der Waals surface area contributed by atoms with Crippen LogP contribution in [0.2, 0.25) is 0 Å². The van der Waals surface area contributed by atoms with E-state index in [1.54, 1.807) is 16.9 Å². The van der Waals surface area contributed by atoms with Gasteiger partial charge in [0.2, 0.25) is 0 Å². The molecule has 0 atom stereocenters. The minimum atomic E-state index is -0.263. The van der Waals surface area contributed by atoms with Crippen molar-refractivity contribution >= 4 is 16.7 Å². The highest BCUT2D eigenvalue weighted by molar-refractivity contribution is 5.79. The van der Waals surface area contributed by atoms with Gasteiger partial charge in [0, 0.05) is 11.9 Å². The van der Waals surface area contributed by atoms with E-state index >= 15 is 0 Å². The number of hydrogen-bond acceptors (Lipinski definition) is 5. The highest BCUT2D eigenvalue weighted by atomic mass is 19.1. The summed E-state index contributed by atoms with van der Waals surface area (Å²) in [4.78, 5) is 4.52. The molecule has 0 saturated heterocycles. The molecule has 0 aliphatic heterocycles. The molecular formula is C18H15FN6. The Morgan fingerprint density at radius 2 is 1.96 bits per heavy atom. The average molecular weight is 334 g/mol. The second-order valence-corrected chi connectivity index (χ2v) is 5.64. The lowest BCUT2D eigenvalue weighted by atomic mass is 10.2. The van der Waals surface area contributed by atoms with Gasteiger partial charge in [0.15, 0.2) is 5.82 Å². The molecule has 0 bridgehead atoms. The van der Waals surface area contributed by atoms with Gasteiger partial charge in [-0.15, -0.1) is 10.2 Å². The van der Waals surface area contributed by atoms with Gasteiger partial charge in [0.1, 0.15) is 11.5 Å². The number of fused-ring (bicyclic) bond motifs is 1. The zero-order chi connectivity index (χ0) is 17.2. The fourth-order valence-electron chi connectivity index (χ4n) is 2.59. The molecule has 0 saturated carbocycles. The Hall–Kier alpha value is -3.35. The van der Waals surface area contributed by atoms with Crippen LogP contribution >= 0.6 is 0 Å². The van der Waals surface area contributed by atoms with Crippen LogP contribution < -0.4 is 5.32 Å². The molecule has 0 spiro atoms. The number of aryl methyl sites for hydroxylation is 1. The van der Waals surface area contributed by atoms with E-state index in [9.17, 15) is 4.39 Å². The average Bonchev–Trinajstić information content (AvgIpc) is 3.05. The zero-order valence-electron chi connectivity index (χ0n) is 13.5. The Morgan fingerprint density at radius 1 is 1.08 bits per heavy atom. The molecule has 0 radical (unpaired) electrons. The molecule has 2 aromatic carbocycles. The predicted octanol–water partition coefficient (Wildman–Crippen LogP) is 3.27. The van der Waals surface area contributed by atoms with Crippen LogP contribution in [0.5, 0.6) is 0 Å². The smallest absolute Gasteiger partial charge is 0.272 e. The van der Waals surface area contributed by atoms with Crippen molar-refractivity contribution in [2.75, 3.05) is 5.32 Å². The van der Waals surface area contributed by atoms with Gasteiger partial charge in [0.25, 0.3) is 5.95 Å². The fourth-order valence-corrected chi connectivity index (χ4v) is 2.59. The van der Waals surface area contributed by atoms with Crippen molar-refractivity contribution < 1.29 is 4.39 Å². The number of rotatable bonds is 4. The summed E-state index contributed by atoms with van der Waals surface area (Å²) in [5.74, 6) is 0.711. The highest BCUT2D eigenvalue weighted by Gasteiger charge is 2.11. The second kappa shape index (κ2) is 6.27. The molecule has 6 nitrogen and oxygen atoms in total. The number of para-hydroxylation sites is 1. The number of anilines is 1. The van der Waals surface area contributed by atoms with Crippen molar-refractivity contribution in [2.24, 2.45) is 0 Å². The summed E-state index contributed by atoms with van der Waals surface area (Å²) < 4.78 is 14.9. The van der Waals surface area contributed by atoms with Crippen molar-refractivity contribution in [3.8, 4) is 5.95 Å². The summed E-state index contributed by atoms with van der Waals surface area (Å²) >= 11 is 0. The Balaban J connectivity index is 1.64. The van der Waals surface area contributed by atoms with Crippen molar-refractivity contribution in [3.63, 3.8) is 0 Å². The van der Waals surface area contributed by atoms with Gasteiger partial charge in [-0.3, -0.25) is 0 Å². The van der Waals surface area contributed by atoms with Crippen LogP contribution in [0.15, 0.2) is 54.7 Å². The highest BCUT2D eigenvalue weighted by Crippen LogP contribution is 2.17. The van der Waals surface area contributed by atoms with Crippen molar-refractivity contribution in [2.45, 2.75) is 13.5 Å². The SMILES string of the molecule is Cc1nnc(-n2ncc3ccccc32)nc1NCc1cccc(F)c1. The van der Waals surface area contributed by atoms with Gasteiger partial charge >= 0.3 is 0 Å². The molecule has 0 aliphatic rings. The van der Waals surface area contributed by atoms with Crippen LogP contribution in [0.3, 0.4) is 0 Å². The number of halogens is 1. The summed E-state index contributed by atoms with van der Waals surface area (Å²) in [7, 11) is 0. The molecule has 7 heteroatoms. The Kier molecular flexibility index (Phi) is 3.81. The summed E-state index contributed by atoms with van der Waals surface area (Å²) in [6, 6.07) is 14.2. The van der Waals surface area contributed by atoms with Crippen LogP contribution in [0.25, 0.3) is 16.9 Å². The van der Waals surface area contributed by atoms with Crippen LogP contribution in [0.1, 0.15) is 11.3 Å². The van der Waals surface area contributed by atoms with E-state index in [0.717, 1.165) is 16.5 Å². The van der Waals surface area contributed by atoms with Crippen molar-refractivity contribution in [3.05, 3.63) is 71.8 Å². The van der Waals surface area contributed by atoms with Gasteiger partial charge in [-0.2, -0.15) is 14.8 Å². The van der Waals surface area contributed by atoms with Crippen LogP contribution in [-0.2, 0) is 6.54 Å². The third-order valence-electron chi connectivity index (χ3n) is 3.86. The maximum absolute atomic E-state index is 13.3. The molecule has 4 aromatic rings. The molecule has 0 fully saturated rings. The predicted molar refractivity (Wildman–Crippen MR) is 92.9 cm³/mol. The first-order chi connectivity index (χ1) is 12.2. The number of benzene rings is 2. The van der Waals surface area contributed by atoms with Gasteiger partial charge in [-0.1, -0.05) is 30.3 Å². The summed E-state index contributed by atoms with van der Waals surface area (Å²) in [5.41, 5.74) is 2.39. The standard InChI is InChI=1S/C18H15FN6/c1-12-17(20-10-13-5-4-7-15(19)9-13)22-18(24-23-12)25-16-8-3-2-6-14(16)11-21-25/h2-9,11H,10H2,1H3,(H,20,22,24). The summed E-state index contributed by atoms with van der Waals surface area (Å²) in [6.45, 7) is 2.26. The van der Waals surface area contributed by atoms with Gasteiger partial charge in [0.05, 0.1) is 11.7 Å². The molecule has 25 heavy (non-hydrogen) atoms. The lowest BCUT2D eigenvalue weighted by Gasteiger charge is -2.09. The lowest BCUT2D eigenvalue weighted by Crippen LogP contribution is -2.11.